The maximum atomic E-state index is 11.3. The Kier molecular flexibility index (Phi) is 7.08. The lowest BCUT2D eigenvalue weighted by Crippen LogP contribution is -2.37. The number of likely N-dealkylation sites (N-methyl/N-ethyl adjacent to an activating group) is 1. The van der Waals surface area contributed by atoms with E-state index < -0.39 is 7.82 Å². The Morgan fingerprint density at radius 3 is 2.27 bits per heavy atom. The molecule has 1 atom stereocenters. The van der Waals surface area contributed by atoms with Crippen molar-refractivity contribution in [2.45, 2.75) is 6.42 Å². The van der Waals surface area contributed by atoms with Crippen LogP contribution in [0.5, 0.6) is 0 Å². The van der Waals surface area contributed by atoms with Crippen molar-refractivity contribution in [3.05, 3.63) is 0 Å². The van der Waals surface area contributed by atoms with Gasteiger partial charge in [0.2, 0.25) is 0 Å². The van der Waals surface area contributed by atoms with E-state index in [4.69, 9.17) is 9.05 Å². The molecule has 0 aliphatic rings. The van der Waals surface area contributed by atoms with Crippen molar-refractivity contribution in [3.8, 4) is 0 Å². The lowest BCUT2D eigenvalue weighted by Gasteiger charge is -2.23. The second-order valence-corrected chi connectivity index (χ2v) is 6.13. The fourth-order valence-corrected chi connectivity index (χ4v) is 1.59. The van der Waals surface area contributed by atoms with E-state index in [1.165, 1.54) is 0 Å². The van der Waals surface area contributed by atoms with Crippen molar-refractivity contribution in [1.82, 2.24) is 0 Å². The summed E-state index contributed by atoms with van der Waals surface area (Å²) >= 11 is 3.96. The molecule has 1 N–H and O–H groups in total. The Balaban J connectivity index is 3.69. The van der Waals surface area contributed by atoms with Crippen LogP contribution in [-0.4, -0.2) is 56.0 Å². The second-order valence-electron chi connectivity index (χ2n) is 4.23. The predicted octanol–water partition coefficient (Wildman–Crippen LogP) is 1.15. The van der Waals surface area contributed by atoms with Crippen LogP contribution in [0.4, 0.5) is 0 Å². The van der Waals surface area contributed by atoms with E-state index in [9.17, 15) is 9.46 Å². The number of quaternary nitrogens is 1. The normalized spacial score (nSPS) is 16.3. The molecule has 0 radical (unpaired) electrons. The Morgan fingerprint density at radius 2 is 1.80 bits per heavy atom. The SMILES string of the molecule is C[N+](C)(C)CCOP(=O)(O)OCCCS. The first-order chi connectivity index (χ1) is 6.77. The van der Waals surface area contributed by atoms with E-state index in [-0.39, 0.29) is 13.2 Å². The minimum Gasteiger partial charge on any atom is -0.329 e. The minimum absolute atomic E-state index is 0.196. The van der Waals surface area contributed by atoms with E-state index in [0.29, 0.717) is 23.2 Å². The third-order valence-corrected chi connectivity index (χ3v) is 2.91. The average molecular weight is 258 g/mol. The van der Waals surface area contributed by atoms with E-state index in [1.54, 1.807) is 0 Å². The molecule has 0 saturated heterocycles. The molecule has 0 aromatic rings. The molecule has 5 nitrogen and oxygen atoms in total. The molecule has 0 amide bonds. The van der Waals surface area contributed by atoms with Crippen molar-refractivity contribution in [1.29, 1.82) is 0 Å². The van der Waals surface area contributed by atoms with Gasteiger partial charge in [0, 0.05) is 0 Å². The maximum Gasteiger partial charge on any atom is 0.472 e. The van der Waals surface area contributed by atoms with Crippen LogP contribution < -0.4 is 0 Å². The van der Waals surface area contributed by atoms with Crippen LogP contribution in [0.2, 0.25) is 0 Å². The zero-order valence-corrected chi connectivity index (χ0v) is 11.3. The summed E-state index contributed by atoms with van der Waals surface area (Å²) in [6.45, 7) is 1.06. The number of rotatable bonds is 8. The Hall–Kier alpha value is 0.420. The van der Waals surface area contributed by atoms with Gasteiger partial charge < -0.3 is 9.38 Å². The summed E-state index contributed by atoms with van der Waals surface area (Å²) < 4.78 is 21.4. The van der Waals surface area contributed by atoms with Crippen LogP contribution in [0.1, 0.15) is 6.42 Å². The Labute approximate surface area is 97.0 Å². The molecule has 0 aromatic heterocycles. The van der Waals surface area contributed by atoms with Crippen molar-refractivity contribution in [2.24, 2.45) is 0 Å². The molecule has 0 fully saturated rings. The molecule has 15 heavy (non-hydrogen) atoms. The van der Waals surface area contributed by atoms with E-state index in [2.05, 4.69) is 12.6 Å². The third kappa shape index (κ3) is 10.7. The highest BCUT2D eigenvalue weighted by molar-refractivity contribution is 7.80. The first kappa shape index (κ1) is 15.4. The molecule has 0 bridgehead atoms. The number of hydrogen-bond donors (Lipinski definition) is 2. The van der Waals surface area contributed by atoms with E-state index in [1.807, 2.05) is 21.1 Å². The highest BCUT2D eigenvalue weighted by atomic mass is 32.1. The van der Waals surface area contributed by atoms with Gasteiger partial charge >= 0.3 is 7.82 Å². The van der Waals surface area contributed by atoms with E-state index >= 15 is 0 Å². The van der Waals surface area contributed by atoms with Crippen LogP contribution in [0.15, 0.2) is 0 Å². The molecule has 0 aliphatic heterocycles. The lowest BCUT2D eigenvalue weighted by molar-refractivity contribution is -0.870. The van der Waals surface area contributed by atoms with Gasteiger partial charge in [-0.05, 0) is 12.2 Å². The molecule has 0 aliphatic carbocycles. The predicted molar refractivity (Wildman–Crippen MR) is 63.1 cm³/mol. The zero-order valence-electron chi connectivity index (χ0n) is 9.55. The number of nitrogens with zero attached hydrogens (tertiary/aromatic N) is 1. The monoisotopic (exact) mass is 258 g/mol. The Morgan fingerprint density at radius 1 is 1.27 bits per heavy atom. The molecule has 0 saturated carbocycles. The largest absolute Gasteiger partial charge is 0.472 e. The van der Waals surface area contributed by atoms with Crippen molar-refractivity contribution in [3.63, 3.8) is 0 Å². The quantitative estimate of drug-likeness (QED) is 0.297. The summed E-state index contributed by atoms with van der Waals surface area (Å²) in [5.74, 6) is 0.624. The minimum atomic E-state index is -3.85. The van der Waals surface area contributed by atoms with Gasteiger partial charge in [0.1, 0.15) is 13.2 Å². The van der Waals surface area contributed by atoms with Gasteiger partial charge in [-0.3, -0.25) is 9.05 Å². The second kappa shape index (κ2) is 6.89. The average Bonchev–Trinajstić information content (AvgIpc) is 2.01. The highest BCUT2D eigenvalue weighted by Crippen LogP contribution is 2.42. The molecule has 0 heterocycles. The van der Waals surface area contributed by atoms with Gasteiger partial charge in [-0.15, -0.1) is 0 Å². The molecule has 92 valence electrons. The first-order valence-electron chi connectivity index (χ1n) is 4.80. The molecule has 7 heteroatoms. The number of thiol groups is 1. The molecular weight excluding hydrogens is 237 g/mol. The number of phosphoric ester groups is 1. The van der Waals surface area contributed by atoms with Crippen LogP contribution in [0.3, 0.4) is 0 Å². The van der Waals surface area contributed by atoms with Gasteiger partial charge in [-0.2, -0.15) is 12.6 Å². The van der Waals surface area contributed by atoms with Gasteiger partial charge in [0.25, 0.3) is 0 Å². The smallest absolute Gasteiger partial charge is 0.329 e. The summed E-state index contributed by atoms with van der Waals surface area (Å²) in [5.41, 5.74) is 0. The molecule has 0 aromatic carbocycles. The highest BCUT2D eigenvalue weighted by Gasteiger charge is 2.21. The summed E-state index contributed by atoms with van der Waals surface area (Å²) in [6.07, 6.45) is 0.631. The summed E-state index contributed by atoms with van der Waals surface area (Å²) in [4.78, 5) is 9.22. The Bertz CT molecular complexity index is 219. The van der Waals surface area contributed by atoms with E-state index in [0.717, 1.165) is 0 Å². The van der Waals surface area contributed by atoms with Crippen molar-refractivity contribution in [2.75, 3.05) is 46.7 Å². The van der Waals surface area contributed by atoms with Crippen LogP contribution >= 0.6 is 20.5 Å². The molecule has 0 rings (SSSR count). The number of phosphoric acid groups is 1. The summed E-state index contributed by atoms with van der Waals surface area (Å²) in [6, 6.07) is 0. The molecular formula is C8H21NO4PS+. The van der Waals surface area contributed by atoms with Crippen LogP contribution in [0, 0.1) is 0 Å². The third-order valence-electron chi connectivity index (χ3n) is 1.57. The fraction of sp³-hybridized carbons (Fsp3) is 1.00. The van der Waals surface area contributed by atoms with Crippen molar-refractivity contribution < 1.29 is 23.0 Å². The maximum absolute atomic E-state index is 11.3. The van der Waals surface area contributed by atoms with Gasteiger partial charge in [-0.25, -0.2) is 4.57 Å². The summed E-state index contributed by atoms with van der Waals surface area (Å²) in [7, 11) is 2.09. The zero-order chi connectivity index (χ0) is 11.9. The molecule has 0 spiro atoms. The van der Waals surface area contributed by atoms with Gasteiger partial charge in [-0.1, -0.05) is 0 Å². The van der Waals surface area contributed by atoms with Gasteiger partial charge in [0.05, 0.1) is 27.7 Å². The topological polar surface area (TPSA) is 55.8 Å². The van der Waals surface area contributed by atoms with Crippen LogP contribution in [-0.2, 0) is 13.6 Å². The first-order valence-corrected chi connectivity index (χ1v) is 6.93. The number of hydrogen-bond acceptors (Lipinski definition) is 4. The lowest BCUT2D eigenvalue weighted by atomic mass is 10.5. The summed E-state index contributed by atoms with van der Waals surface area (Å²) in [5, 5.41) is 0. The van der Waals surface area contributed by atoms with Crippen LogP contribution in [0.25, 0.3) is 0 Å². The standard InChI is InChI=1S/C8H20NO4PS/c1-9(2,3)5-7-13-14(10,11)12-6-4-8-15/h4-8H2,1-3H3,(H-,10,11,15)/p+1. The fourth-order valence-electron chi connectivity index (χ4n) is 0.712. The van der Waals surface area contributed by atoms with Crippen molar-refractivity contribution >= 4 is 20.5 Å². The van der Waals surface area contributed by atoms with Gasteiger partial charge in [0.15, 0.2) is 0 Å². The molecule has 1 unspecified atom stereocenters.